The highest BCUT2D eigenvalue weighted by molar-refractivity contribution is 7.89. The summed E-state index contributed by atoms with van der Waals surface area (Å²) in [6.07, 6.45) is 1.01. The summed E-state index contributed by atoms with van der Waals surface area (Å²) < 4.78 is 48.7. The Hall–Kier alpha value is -3.13. The van der Waals surface area contributed by atoms with E-state index in [1.807, 2.05) is 13.8 Å². The third kappa shape index (κ3) is 6.80. The molecule has 10 heteroatoms. The molecular weight excluding hydrogens is 497 g/mol. The quantitative estimate of drug-likeness (QED) is 0.551. The first-order valence-corrected chi connectivity index (χ1v) is 13.7. The molecule has 0 radical (unpaired) electrons. The largest absolute Gasteiger partial charge is 0.487 e. The summed E-state index contributed by atoms with van der Waals surface area (Å²) in [4.78, 5) is 14.1. The first-order chi connectivity index (χ1) is 17.6. The van der Waals surface area contributed by atoms with Gasteiger partial charge in [0.05, 0.1) is 18.8 Å². The van der Waals surface area contributed by atoms with Crippen LogP contribution in [0.4, 0.5) is 14.9 Å². The van der Waals surface area contributed by atoms with Crippen molar-refractivity contribution in [3.05, 3.63) is 53.8 Å². The van der Waals surface area contributed by atoms with Crippen LogP contribution in [-0.2, 0) is 10.0 Å². The van der Waals surface area contributed by atoms with Gasteiger partial charge in [0.15, 0.2) is 0 Å². The number of aliphatic hydroxyl groups excluding tert-OH is 1. The van der Waals surface area contributed by atoms with Crippen molar-refractivity contribution in [3.8, 4) is 17.6 Å². The Morgan fingerprint density at radius 2 is 2.05 bits per heavy atom. The lowest BCUT2D eigenvalue weighted by Crippen LogP contribution is -2.50. The van der Waals surface area contributed by atoms with Crippen molar-refractivity contribution in [2.24, 2.45) is 5.92 Å². The third-order valence-corrected chi connectivity index (χ3v) is 8.21. The smallest absolute Gasteiger partial charge is 0.321 e. The van der Waals surface area contributed by atoms with Crippen molar-refractivity contribution in [1.29, 1.82) is 0 Å². The van der Waals surface area contributed by atoms with Gasteiger partial charge < -0.3 is 20.1 Å². The molecule has 2 aromatic carbocycles. The van der Waals surface area contributed by atoms with Crippen molar-refractivity contribution in [3.63, 3.8) is 0 Å². The molecule has 1 aliphatic heterocycles. The fraction of sp³-hybridized carbons (Fsp3) is 0.444. The molecule has 200 valence electrons. The lowest BCUT2D eigenvalue weighted by atomic mass is 10.0. The lowest BCUT2D eigenvalue weighted by Gasteiger charge is -2.37. The second-order valence-corrected chi connectivity index (χ2v) is 11.1. The van der Waals surface area contributed by atoms with Gasteiger partial charge in [-0.3, -0.25) is 0 Å². The number of fused-ring (bicyclic) bond motifs is 1. The number of urea groups is 1. The second-order valence-electron chi connectivity index (χ2n) is 9.24. The molecular formula is C27H34FN3O5S. The van der Waals surface area contributed by atoms with E-state index in [1.165, 1.54) is 33.5 Å². The van der Waals surface area contributed by atoms with Crippen LogP contribution in [0.15, 0.2) is 47.4 Å². The highest BCUT2D eigenvalue weighted by Crippen LogP contribution is 2.34. The maximum Gasteiger partial charge on any atom is 0.321 e. The molecule has 2 amide bonds. The summed E-state index contributed by atoms with van der Waals surface area (Å²) in [7, 11) is -2.42. The molecule has 3 atom stereocenters. The Balaban J connectivity index is 1.95. The standard InChI is InChI=1S/C27H34FN3O5S/c1-5-6-7-10-21-13-14-26-24(15-21)36-25(19(2)16-31(20(3)18-32)37(26,34)35)17-30(4)27(33)29-23-12-9-8-11-22(23)28/h8-9,11-15,19-20,25,32H,5-6,16-18H2,1-4H3,(H,29,33)/t19-,20+,25-/m1/s1. The van der Waals surface area contributed by atoms with E-state index in [1.54, 1.807) is 32.2 Å². The van der Waals surface area contributed by atoms with Gasteiger partial charge in [0.25, 0.3) is 0 Å². The number of benzene rings is 2. The van der Waals surface area contributed by atoms with Gasteiger partial charge in [-0.15, -0.1) is 0 Å². The molecule has 2 aromatic rings. The minimum absolute atomic E-state index is 0.0239. The van der Waals surface area contributed by atoms with Crippen molar-refractivity contribution < 1.29 is 27.4 Å². The fourth-order valence-corrected chi connectivity index (χ4v) is 5.76. The van der Waals surface area contributed by atoms with E-state index >= 15 is 0 Å². The van der Waals surface area contributed by atoms with Crippen LogP contribution in [-0.4, -0.2) is 67.7 Å². The number of para-hydroxylation sites is 1. The van der Waals surface area contributed by atoms with E-state index < -0.39 is 34.0 Å². The number of halogens is 1. The number of rotatable bonds is 6. The zero-order chi connectivity index (χ0) is 27.2. The zero-order valence-corrected chi connectivity index (χ0v) is 22.4. The number of aliphatic hydroxyl groups is 1. The third-order valence-electron chi connectivity index (χ3n) is 6.19. The van der Waals surface area contributed by atoms with Crippen LogP contribution in [0.2, 0.25) is 0 Å². The molecule has 0 spiro atoms. The maximum absolute atomic E-state index is 14.0. The van der Waals surface area contributed by atoms with E-state index in [2.05, 4.69) is 17.2 Å². The van der Waals surface area contributed by atoms with Gasteiger partial charge in [0.2, 0.25) is 10.0 Å². The Bertz CT molecular complexity index is 1270. The molecule has 1 aliphatic rings. The van der Waals surface area contributed by atoms with Gasteiger partial charge >= 0.3 is 6.03 Å². The number of nitrogens with zero attached hydrogens (tertiary/aromatic N) is 2. The number of carbonyl (C=O) groups is 1. The van der Waals surface area contributed by atoms with E-state index in [0.29, 0.717) is 12.0 Å². The topological polar surface area (TPSA) is 99.2 Å². The van der Waals surface area contributed by atoms with Crippen LogP contribution in [0.25, 0.3) is 0 Å². The number of ether oxygens (including phenoxy) is 1. The van der Waals surface area contributed by atoms with E-state index in [4.69, 9.17) is 4.74 Å². The number of hydrogen-bond donors (Lipinski definition) is 2. The molecule has 0 aromatic heterocycles. The minimum atomic E-state index is -3.98. The van der Waals surface area contributed by atoms with Crippen LogP contribution in [0.3, 0.4) is 0 Å². The highest BCUT2D eigenvalue weighted by atomic mass is 32.2. The normalized spacial score (nSPS) is 19.7. The van der Waals surface area contributed by atoms with Crippen molar-refractivity contribution in [2.75, 3.05) is 32.1 Å². The number of likely N-dealkylation sites (N-methyl/N-ethyl adjacent to an activating group) is 1. The number of anilines is 1. The number of sulfonamides is 1. The van der Waals surface area contributed by atoms with E-state index in [0.717, 1.165) is 6.42 Å². The number of nitrogens with one attached hydrogen (secondary N) is 1. The molecule has 8 nitrogen and oxygen atoms in total. The highest BCUT2D eigenvalue weighted by Gasteiger charge is 2.38. The molecule has 0 unspecified atom stereocenters. The van der Waals surface area contributed by atoms with Crippen molar-refractivity contribution in [2.45, 2.75) is 50.7 Å². The molecule has 0 fully saturated rings. The summed E-state index contributed by atoms with van der Waals surface area (Å²) in [5.74, 6) is 5.31. The maximum atomic E-state index is 14.0. The van der Waals surface area contributed by atoms with Gasteiger partial charge in [-0.25, -0.2) is 17.6 Å². The second kappa shape index (κ2) is 12.4. The molecule has 0 aliphatic carbocycles. The first-order valence-electron chi connectivity index (χ1n) is 12.3. The minimum Gasteiger partial charge on any atom is -0.487 e. The predicted octanol–water partition coefficient (Wildman–Crippen LogP) is 3.91. The summed E-state index contributed by atoms with van der Waals surface area (Å²) in [6.45, 7) is 5.32. The summed E-state index contributed by atoms with van der Waals surface area (Å²) in [5.41, 5.74) is 0.669. The van der Waals surface area contributed by atoms with E-state index in [9.17, 15) is 22.7 Å². The van der Waals surface area contributed by atoms with Gasteiger partial charge in [-0.2, -0.15) is 4.31 Å². The van der Waals surface area contributed by atoms with Crippen LogP contribution in [0, 0.1) is 23.6 Å². The number of hydrogen-bond acceptors (Lipinski definition) is 5. The predicted molar refractivity (Wildman–Crippen MR) is 140 cm³/mol. The number of amides is 2. The Labute approximate surface area is 218 Å². The van der Waals surface area contributed by atoms with Crippen LogP contribution < -0.4 is 10.1 Å². The average molecular weight is 532 g/mol. The van der Waals surface area contributed by atoms with Gasteiger partial charge in [0, 0.05) is 37.5 Å². The van der Waals surface area contributed by atoms with Gasteiger partial charge in [-0.1, -0.05) is 37.8 Å². The molecule has 2 N–H and O–H groups in total. The van der Waals surface area contributed by atoms with E-state index in [-0.39, 0.29) is 41.9 Å². The molecule has 0 saturated carbocycles. The van der Waals surface area contributed by atoms with Crippen molar-refractivity contribution in [1.82, 2.24) is 9.21 Å². The zero-order valence-electron chi connectivity index (χ0n) is 21.6. The molecule has 0 bridgehead atoms. The van der Waals surface area contributed by atoms with Crippen LogP contribution in [0.5, 0.6) is 5.75 Å². The SMILES string of the molecule is CCCC#Cc1ccc2c(c1)O[C@H](CN(C)C(=O)Nc1ccccc1F)[C@H](C)CN([C@@H](C)CO)S2(=O)=O. The summed E-state index contributed by atoms with van der Waals surface area (Å²) in [6, 6.07) is 9.38. The van der Waals surface area contributed by atoms with Gasteiger partial charge in [-0.05, 0) is 43.7 Å². The molecule has 37 heavy (non-hydrogen) atoms. The molecule has 3 rings (SSSR count). The Morgan fingerprint density at radius 1 is 1.32 bits per heavy atom. The van der Waals surface area contributed by atoms with Crippen LogP contribution >= 0.6 is 0 Å². The Morgan fingerprint density at radius 3 is 2.73 bits per heavy atom. The van der Waals surface area contributed by atoms with Crippen LogP contribution in [0.1, 0.15) is 39.2 Å². The Kier molecular flexibility index (Phi) is 9.54. The molecule has 0 saturated heterocycles. The molecule has 1 heterocycles. The lowest BCUT2D eigenvalue weighted by molar-refractivity contribution is 0.0830. The van der Waals surface area contributed by atoms with Gasteiger partial charge in [0.1, 0.15) is 22.6 Å². The summed E-state index contributed by atoms with van der Waals surface area (Å²) in [5, 5.41) is 12.3. The number of unbranched alkanes of at least 4 members (excludes halogenated alkanes) is 1. The number of carbonyl (C=O) groups excluding carboxylic acids is 1. The first kappa shape index (κ1) is 28.4. The fourth-order valence-electron chi connectivity index (χ4n) is 3.94. The average Bonchev–Trinajstić information content (AvgIpc) is 2.87. The monoisotopic (exact) mass is 531 g/mol. The van der Waals surface area contributed by atoms with Crippen molar-refractivity contribution >= 4 is 21.7 Å². The summed E-state index contributed by atoms with van der Waals surface area (Å²) >= 11 is 0.